The van der Waals surface area contributed by atoms with Crippen molar-refractivity contribution in [3.8, 4) is 0 Å². The van der Waals surface area contributed by atoms with Crippen molar-refractivity contribution in [2.24, 2.45) is 17.8 Å². The van der Waals surface area contributed by atoms with Gasteiger partial charge in [0.1, 0.15) is 0 Å². The molecule has 0 aromatic carbocycles. The lowest BCUT2D eigenvalue weighted by atomic mass is 9.72. The molecule has 3 rings (SSSR count). The van der Waals surface area contributed by atoms with E-state index in [2.05, 4.69) is 36.6 Å². The summed E-state index contributed by atoms with van der Waals surface area (Å²) in [5.74, 6) is 0.931. The van der Waals surface area contributed by atoms with E-state index in [0.717, 1.165) is 48.0 Å². The van der Waals surface area contributed by atoms with Gasteiger partial charge in [-0.25, -0.2) is 0 Å². The molecule has 1 aromatic rings. The number of amides is 1. The molecule has 2 unspecified atom stereocenters. The van der Waals surface area contributed by atoms with Gasteiger partial charge >= 0.3 is 0 Å². The summed E-state index contributed by atoms with van der Waals surface area (Å²) in [7, 11) is 0. The van der Waals surface area contributed by atoms with E-state index in [-0.39, 0.29) is 17.9 Å². The molecular formula is C22H27Cl2NOS. The smallest absolute Gasteiger partial charge is 0.226 e. The Morgan fingerprint density at radius 2 is 2.19 bits per heavy atom. The average Bonchev–Trinajstić information content (AvgIpc) is 3.08. The first-order valence-corrected chi connectivity index (χ1v) is 11.3. The Bertz CT molecular complexity index is 738. The van der Waals surface area contributed by atoms with Crippen molar-refractivity contribution in [2.45, 2.75) is 45.1 Å². The Balaban J connectivity index is 2.00. The molecule has 0 bridgehead atoms. The Hall–Kier alpha value is -1.03. The summed E-state index contributed by atoms with van der Waals surface area (Å²) in [5, 5.41) is 0.798. The lowest BCUT2D eigenvalue weighted by Gasteiger charge is -2.46. The van der Waals surface area contributed by atoms with Gasteiger partial charge in [0, 0.05) is 22.4 Å². The fraction of sp³-hybridized carbons (Fsp3) is 0.500. The quantitative estimate of drug-likeness (QED) is 0.432. The minimum Gasteiger partial charge on any atom is -0.334 e. The number of rotatable bonds is 7. The SMILES string of the molecule is C=CC[C@@H]1CC([C@@H]2C=C(Cl)C=CC2)C(c2ccc(Cl)s2)N(CCCC)C1=O. The Morgan fingerprint density at radius 3 is 2.81 bits per heavy atom. The summed E-state index contributed by atoms with van der Waals surface area (Å²) in [5.41, 5.74) is 0. The average molecular weight is 424 g/mol. The zero-order valence-electron chi connectivity index (χ0n) is 15.7. The number of likely N-dealkylation sites (tertiary alicyclic amines) is 1. The monoisotopic (exact) mass is 423 g/mol. The van der Waals surface area contributed by atoms with Crippen LogP contribution >= 0.6 is 34.5 Å². The van der Waals surface area contributed by atoms with Crippen LogP contribution in [0.4, 0.5) is 0 Å². The molecule has 0 spiro atoms. The minimum atomic E-state index is 0.00845. The number of piperidine rings is 1. The van der Waals surface area contributed by atoms with Gasteiger partial charge in [0.2, 0.25) is 5.91 Å². The number of thiophene rings is 1. The van der Waals surface area contributed by atoms with Crippen LogP contribution in [0.25, 0.3) is 0 Å². The molecule has 146 valence electrons. The number of hydrogen-bond acceptors (Lipinski definition) is 2. The Kier molecular flexibility index (Phi) is 7.24. The summed E-state index contributed by atoms with van der Waals surface area (Å²) >= 11 is 14.2. The van der Waals surface area contributed by atoms with Gasteiger partial charge in [0.05, 0.1) is 10.4 Å². The largest absolute Gasteiger partial charge is 0.334 e. The molecule has 4 atom stereocenters. The zero-order valence-corrected chi connectivity index (χ0v) is 18.1. The molecule has 1 aromatic heterocycles. The number of hydrogen-bond donors (Lipinski definition) is 0. The maximum Gasteiger partial charge on any atom is 0.226 e. The number of unbranched alkanes of at least 4 members (excludes halogenated alkanes) is 1. The minimum absolute atomic E-state index is 0.00845. The van der Waals surface area contributed by atoms with Crippen molar-refractivity contribution < 1.29 is 4.79 Å². The molecule has 0 N–H and O–H groups in total. The van der Waals surface area contributed by atoms with Crippen LogP contribution in [0.3, 0.4) is 0 Å². The van der Waals surface area contributed by atoms with Gasteiger partial charge in [-0.2, -0.15) is 0 Å². The van der Waals surface area contributed by atoms with Crippen LogP contribution in [0.15, 0.2) is 48.0 Å². The molecule has 1 saturated heterocycles. The first-order chi connectivity index (χ1) is 13.0. The molecule has 0 radical (unpaired) electrons. The van der Waals surface area contributed by atoms with Crippen LogP contribution in [0.1, 0.15) is 49.9 Å². The van der Waals surface area contributed by atoms with Crippen LogP contribution in [-0.4, -0.2) is 17.4 Å². The molecule has 0 saturated carbocycles. The van der Waals surface area contributed by atoms with Crippen molar-refractivity contribution in [1.82, 2.24) is 4.90 Å². The molecule has 27 heavy (non-hydrogen) atoms. The summed E-state index contributed by atoms with van der Waals surface area (Å²) in [4.78, 5) is 16.6. The van der Waals surface area contributed by atoms with Crippen molar-refractivity contribution in [3.05, 3.63) is 57.3 Å². The third-order valence-corrected chi connectivity index (χ3v) is 7.18. The number of allylic oxidation sites excluding steroid dienone is 5. The number of carbonyl (C=O) groups is 1. The fourth-order valence-electron chi connectivity index (χ4n) is 4.36. The number of carbonyl (C=O) groups excluding carboxylic acids is 1. The highest BCUT2D eigenvalue weighted by Gasteiger charge is 2.44. The fourth-order valence-corrected chi connectivity index (χ4v) is 5.86. The van der Waals surface area contributed by atoms with E-state index < -0.39 is 0 Å². The van der Waals surface area contributed by atoms with Gasteiger partial charge in [-0.15, -0.1) is 17.9 Å². The second-order valence-electron chi connectivity index (χ2n) is 7.45. The molecule has 1 fully saturated rings. The molecule has 1 aliphatic heterocycles. The lowest BCUT2D eigenvalue weighted by molar-refractivity contribution is -0.146. The molecule has 2 aliphatic rings. The van der Waals surface area contributed by atoms with E-state index in [1.54, 1.807) is 11.3 Å². The predicted octanol–water partition coefficient (Wildman–Crippen LogP) is 6.98. The summed E-state index contributed by atoms with van der Waals surface area (Å²) in [6.45, 7) is 6.83. The second-order valence-corrected chi connectivity index (χ2v) is 9.63. The molecule has 1 aliphatic carbocycles. The van der Waals surface area contributed by atoms with Crippen molar-refractivity contribution >= 4 is 40.4 Å². The third kappa shape index (κ3) is 4.70. The van der Waals surface area contributed by atoms with E-state index in [4.69, 9.17) is 23.2 Å². The van der Waals surface area contributed by atoms with E-state index >= 15 is 0 Å². The van der Waals surface area contributed by atoms with Gasteiger partial charge in [-0.05, 0) is 55.7 Å². The summed E-state index contributed by atoms with van der Waals surface area (Å²) in [6, 6.07) is 4.11. The number of nitrogens with zero attached hydrogens (tertiary/aromatic N) is 1. The third-order valence-electron chi connectivity index (χ3n) is 5.63. The van der Waals surface area contributed by atoms with Crippen LogP contribution in [-0.2, 0) is 4.79 Å². The lowest BCUT2D eigenvalue weighted by Crippen LogP contribution is -2.49. The first-order valence-electron chi connectivity index (χ1n) is 9.75. The van der Waals surface area contributed by atoms with Gasteiger partial charge in [-0.1, -0.05) is 54.8 Å². The van der Waals surface area contributed by atoms with Gasteiger partial charge in [0.15, 0.2) is 0 Å². The molecular weight excluding hydrogens is 397 g/mol. The summed E-state index contributed by atoms with van der Waals surface area (Å²) in [6.07, 6.45) is 12.8. The molecule has 2 nitrogen and oxygen atoms in total. The molecule has 5 heteroatoms. The van der Waals surface area contributed by atoms with Crippen LogP contribution in [0.5, 0.6) is 0 Å². The topological polar surface area (TPSA) is 20.3 Å². The van der Waals surface area contributed by atoms with E-state index in [0.29, 0.717) is 11.8 Å². The standard InChI is InChI=1S/C22H27Cl2NOS/c1-3-5-12-25-21(19-10-11-20(24)27-19)18(14-16(7-4-2)22(25)26)15-8-6-9-17(23)13-15/h4,6,9-11,13,15-16,18,21H,2-3,5,7-8,12,14H2,1H3/t15-,16+,18?,21?/m0/s1. The normalized spacial score (nSPS) is 28.3. The van der Waals surface area contributed by atoms with Crippen molar-refractivity contribution in [3.63, 3.8) is 0 Å². The molecule has 2 heterocycles. The van der Waals surface area contributed by atoms with Crippen LogP contribution < -0.4 is 0 Å². The first kappa shape index (κ1) is 20.7. The van der Waals surface area contributed by atoms with Crippen molar-refractivity contribution in [1.29, 1.82) is 0 Å². The van der Waals surface area contributed by atoms with Gasteiger partial charge in [0.25, 0.3) is 0 Å². The second kappa shape index (κ2) is 9.45. The van der Waals surface area contributed by atoms with E-state index in [9.17, 15) is 4.79 Å². The Morgan fingerprint density at radius 1 is 1.37 bits per heavy atom. The Labute approximate surface area is 176 Å². The van der Waals surface area contributed by atoms with Crippen molar-refractivity contribution in [2.75, 3.05) is 6.54 Å². The highest BCUT2D eigenvalue weighted by atomic mass is 35.5. The maximum absolute atomic E-state index is 13.3. The van der Waals surface area contributed by atoms with Crippen LogP contribution in [0.2, 0.25) is 4.34 Å². The predicted molar refractivity (Wildman–Crippen MR) is 116 cm³/mol. The molecule has 1 amide bonds. The van der Waals surface area contributed by atoms with Gasteiger partial charge in [-0.3, -0.25) is 4.79 Å². The van der Waals surface area contributed by atoms with Crippen LogP contribution in [0, 0.1) is 17.8 Å². The number of halogens is 2. The highest BCUT2D eigenvalue weighted by Crippen LogP contribution is 2.48. The highest BCUT2D eigenvalue weighted by molar-refractivity contribution is 7.16. The van der Waals surface area contributed by atoms with Gasteiger partial charge < -0.3 is 4.90 Å². The summed E-state index contributed by atoms with van der Waals surface area (Å²) < 4.78 is 0.775. The maximum atomic E-state index is 13.3. The zero-order chi connectivity index (χ0) is 19.4. The van der Waals surface area contributed by atoms with E-state index in [1.165, 1.54) is 4.88 Å². The van der Waals surface area contributed by atoms with E-state index in [1.807, 2.05) is 18.2 Å².